The molecule has 2 aromatic carbocycles. The summed E-state index contributed by atoms with van der Waals surface area (Å²) in [6.45, 7) is -0.263. The monoisotopic (exact) mass is 425 g/mol. The molecule has 2 aromatic rings. The Morgan fingerprint density at radius 2 is 1.59 bits per heavy atom. The van der Waals surface area contributed by atoms with Crippen molar-refractivity contribution in [1.29, 1.82) is 0 Å². The predicted octanol–water partition coefficient (Wildman–Crippen LogP) is 1.95. The molecular formula is C18H17F2N3O5S. The third-order valence-corrected chi connectivity index (χ3v) is 6.59. The number of carbonyl (C=O) groups is 1. The second-order valence-corrected chi connectivity index (χ2v) is 8.27. The molecule has 1 fully saturated rings. The number of sulfonamides is 1. The van der Waals surface area contributed by atoms with E-state index in [1.807, 2.05) is 0 Å². The normalized spacial score (nSPS) is 15.3. The smallest absolute Gasteiger partial charge is 0.273 e. The lowest BCUT2D eigenvalue weighted by Crippen LogP contribution is -2.51. The number of hydrogen-bond acceptors (Lipinski definition) is 5. The number of nitrogens with zero attached hydrogens (tertiary/aromatic N) is 3. The van der Waals surface area contributed by atoms with Gasteiger partial charge < -0.3 is 4.90 Å². The molecule has 1 aliphatic rings. The summed E-state index contributed by atoms with van der Waals surface area (Å²) in [7, 11) is -4.39. The number of hydrogen-bond donors (Lipinski definition) is 0. The average molecular weight is 425 g/mol. The van der Waals surface area contributed by atoms with Gasteiger partial charge >= 0.3 is 0 Å². The van der Waals surface area contributed by atoms with Crippen molar-refractivity contribution < 1.29 is 26.9 Å². The maximum atomic E-state index is 13.9. The molecule has 0 aliphatic carbocycles. The Morgan fingerprint density at radius 1 is 1.00 bits per heavy atom. The number of para-hydroxylation sites is 1. The molecule has 154 valence electrons. The molecule has 1 aliphatic heterocycles. The van der Waals surface area contributed by atoms with E-state index in [1.165, 1.54) is 23.1 Å². The summed E-state index contributed by atoms with van der Waals surface area (Å²) in [6.07, 6.45) is -0.203. The van der Waals surface area contributed by atoms with E-state index < -0.39 is 37.4 Å². The number of piperazine rings is 1. The first-order valence-electron chi connectivity index (χ1n) is 8.66. The van der Waals surface area contributed by atoms with Crippen molar-refractivity contribution in [2.75, 3.05) is 26.2 Å². The van der Waals surface area contributed by atoms with Crippen LogP contribution in [0.4, 0.5) is 14.5 Å². The minimum atomic E-state index is -4.39. The van der Waals surface area contributed by atoms with E-state index in [2.05, 4.69) is 0 Å². The maximum absolute atomic E-state index is 13.9. The molecule has 0 radical (unpaired) electrons. The minimum absolute atomic E-state index is 0.00870. The van der Waals surface area contributed by atoms with Crippen molar-refractivity contribution in [3.63, 3.8) is 0 Å². The lowest BCUT2D eigenvalue weighted by atomic mass is 10.1. The average Bonchev–Trinajstić information content (AvgIpc) is 2.68. The third-order valence-electron chi connectivity index (χ3n) is 4.64. The van der Waals surface area contributed by atoms with Crippen LogP contribution in [0.3, 0.4) is 0 Å². The van der Waals surface area contributed by atoms with Gasteiger partial charge in [0, 0.05) is 37.8 Å². The molecular weight excluding hydrogens is 408 g/mol. The second-order valence-electron chi connectivity index (χ2n) is 6.40. The Kier molecular flexibility index (Phi) is 5.89. The number of amides is 1. The predicted molar refractivity (Wildman–Crippen MR) is 98.5 cm³/mol. The third kappa shape index (κ3) is 4.25. The first-order chi connectivity index (χ1) is 13.7. The van der Waals surface area contributed by atoms with E-state index in [4.69, 9.17) is 0 Å². The Morgan fingerprint density at radius 3 is 2.17 bits per heavy atom. The molecule has 0 atom stereocenters. The fourth-order valence-electron chi connectivity index (χ4n) is 3.15. The van der Waals surface area contributed by atoms with Gasteiger partial charge in [0.1, 0.15) is 11.6 Å². The van der Waals surface area contributed by atoms with Crippen LogP contribution in [0.1, 0.15) is 5.56 Å². The Labute approximate surface area is 165 Å². The largest absolute Gasteiger partial charge is 0.340 e. The number of carbonyl (C=O) groups excluding carboxylic acids is 1. The van der Waals surface area contributed by atoms with Crippen LogP contribution in [0.25, 0.3) is 0 Å². The summed E-state index contributed by atoms with van der Waals surface area (Å²) in [5.74, 6) is -2.76. The van der Waals surface area contributed by atoms with Gasteiger partial charge in [0.2, 0.25) is 15.9 Å². The number of rotatable bonds is 5. The van der Waals surface area contributed by atoms with Crippen LogP contribution in [0, 0.1) is 21.7 Å². The van der Waals surface area contributed by atoms with E-state index in [9.17, 15) is 32.1 Å². The van der Waals surface area contributed by atoms with Gasteiger partial charge in [-0.1, -0.05) is 24.3 Å². The summed E-state index contributed by atoms with van der Waals surface area (Å²) in [5.41, 5.74) is 0.0862. The van der Waals surface area contributed by atoms with Crippen LogP contribution < -0.4 is 0 Å². The molecule has 0 N–H and O–H groups in total. The molecule has 11 heteroatoms. The molecule has 8 nitrogen and oxygen atoms in total. The number of nitro groups is 1. The van der Waals surface area contributed by atoms with Crippen LogP contribution in [-0.4, -0.2) is 54.6 Å². The second kappa shape index (κ2) is 8.21. The van der Waals surface area contributed by atoms with E-state index >= 15 is 0 Å². The van der Waals surface area contributed by atoms with Crippen LogP contribution in [0.15, 0.2) is 47.4 Å². The molecule has 0 bridgehead atoms. The lowest BCUT2D eigenvalue weighted by Gasteiger charge is -2.34. The summed E-state index contributed by atoms with van der Waals surface area (Å²) in [4.78, 5) is 23.3. The van der Waals surface area contributed by atoms with Crippen LogP contribution in [0.2, 0.25) is 0 Å². The van der Waals surface area contributed by atoms with Gasteiger partial charge in [0.05, 0.1) is 11.3 Å². The van der Waals surface area contributed by atoms with Crippen molar-refractivity contribution in [2.45, 2.75) is 11.3 Å². The highest BCUT2D eigenvalue weighted by atomic mass is 32.2. The van der Waals surface area contributed by atoms with Crippen molar-refractivity contribution in [3.05, 3.63) is 69.8 Å². The highest BCUT2D eigenvalue weighted by Crippen LogP contribution is 2.24. The van der Waals surface area contributed by atoms with Gasteiger partial charge in [0.25, 0.3) is 5.69 Å². The van der Waals surface area contributed by atoms with Crippen LogP contribution >= 0.6 is 0 Å². The molecule has 1 amide bonds. The lowest BCUT2D eigenvalue weighted by molar-refractivity contribution is -0.385. The van der Waals surface area contributed by atoms with Gasteiger partial charge in [-0.3, -0.25) is 14.9 Å². The number of benzene rings is 2. The van der Waals surface area contributed by atoms with Crippen molar-refractivity contribution in [1.82, 2.24) is 9.21 Å². The van der Waals surface area contributed by atoms with Crippen LogP contribution in [-0.2, 0) is 21.2 Å². The summed E-state index contributed by atoms with van der Waals surface area (Å²) in [6, 6.07) is 8.67. The molecule has 0 unspecified atom stereocenters. The minimum Gasteiger partial charge on any atom is -0.340 e. The van der Waals surface area contributed by atoms with E-state index in [0.717, 1.165) is 22.5 Å². The molecule has 3 rings (SSSR count). The molecule has 1 heterocycles. The van der Waals surface area contributed by atoms with Gasteiger partial charge in [-0.05, 0) is 12.1 Å². The topological polar surface area (TPSA) is 101 Å². The van der Waals surface area contributed by atoms with Crippen molar-refractivity contribution >= 4 is 21.6 Å². The zero-order valence-electron chi connectivity index (χ0n) is 15.1. The fourth-order valence-corrected chi connectivity index (χ4v) is 4.68. The first kappa shape index (κ1) is 20.8. The molecule has 29 heavy (non-hydrogen) atoms. The van der Waals surface area contributed by atoms with Crippen molar-refractivity contribution in [2.24, 2.45) is 0 Å². The Balaban J connectivity index is 1.69. The van der Waals surface area contributed by atoms with Gasteiger partial charge in [-0.25, -0.2) is 17.2 Å². The van der Waals surface area contributed by atoms with E-state index in [1.54, 1.807) is 6.07 Å². The summed E-state index contributed by atoms with van der Waals surface area (Å²) < 4.78 is 53.9. The molecule has 1 saturated heterocycles. The van der Waals surface area contributed by atoms with E-state index in [-0.39, 0.29) is 43.9 Å². The zero-order chi connectivity index (χ0) is 21.2. The quantitative estimate of drug-likeness (QED) is 0.538. The first-order valence-corrected chi connectivity index (χ1v) is 10.1. The SMILES string of the molecule is O=C(Cc1ccccc1[N+](=O)[O-])N1CCN(S(=O)(=O)c2c(F)cccc2F)CC1. The van der Waals surface area contributed by atoms with Crippen LogP contribution in [0.5, 0.6) is 0 Å². The molecule has 0 spiro atoms. The van der Waals surface area contributed by atoms with E-state index in [0.29, 0.717) is 0 Å². The highest BCUT2D eigenvalue weighted by molar-refractivity contribution is 7.89. The maximum Gasteiger partial charge on any atom is 0.273 e. The summed E-state index contributed by atoms with van der Waals surface area (Å²) >= 11 is 0. The highest BCUT2D eigenvalue weighted by Gasteiger charge is 2.34. The molecule has 0 aromatic heterocycles. The van der Waals surface area contributed by atoms with Gasteiger partial charge in [-0.2, -0.15) is 4.31 Å². The fraction of sp³-hybridized carbons (Fsp3) is 0.278. The zero-order valence-corrected chi connectivity index (χ0v) is 15.9. The Bertz CT molecular complexity index is 1030. The number of halogens is 2. The van der Waals surface area contributed by atoms with Gasteiger partial charge in [-0.15, -0.1) is 0 Å². The molecule has 0 saturated carbocycles. The standard InChI is InChI=1S/C18H17F2N3O5S/c19-14-5-3-6-15(20)18(14)29(27,28)22-10-8-21(9-11-22)17(24)12-13-4-1-2-7-16(13)23(25)26/h1-7H,8-12H2. The number of nitro benzene ring substituents is 1. The van der Waals surface area contributed by atoms with Gasteiger partial charge in [0.15, 0.2) is 4.90 Å². The Hall–Kier alpha value is -2.92. The van der Waals surface area contributed by atoms with Crippen molar-refractivity contribution in [3.8, 4) is 0 Å². The summed E-state index contributed by atoms with van der Waals surface area (Å²) in [5, 5.41) is 11.1.